The van der Waals surface area contributed by atoms with Gasteiger partial charge in [-0.1, -0.05) is 37.2 Å². The maximum atomic E-state index is 9.93. The van der Waals surface area contributed by atoms with Crippen molar-refractivity contribution in [1.82, 2.24) is 0 Å². The standard InChI is InChI=1S/C13H18N2OS/c14-13(17)9-5-1-2-6-10(9)15-11-7-3-4-8-12(11)16/h1-2,5-6,11-12,15-16H,3-4,7-8H2,(H2,14,17). The summed E-state index contributed by atoms with van der Waals surface area (Å²) in [7, 11) is 0. The van der Waals surface area contributed by atoms with Crippen LogP contribution in [0.2, 0.25) is 0 Å². The van der Waals surface area contributed by atoms with E-state index in [9.17, 15) is 5.11 Å². The maximum absolute atomic E-state index is 9.93. The van der Waals surface area contributed by atoms with Crippen LogP contribution in [0.25, 0.3) is 0 Å². The zero-order chi connectivity index (χ0) is 12.3. The third kappa shape index (κ3) is 2.96. The number of aliphatic hydroxyl groups excluding tert-OH is 1. The first-order chi connectivity index (χ1) is 8.18. The Bertz CT molecular complexity index is 408. The Balaban J connectivity index is 2.14. The molecule has 2 rings (SSSR count). The molecule has 1 aromatic rings. The van der Waals surface area contributed by atoms with E-state index in [1.54, 1.807) is 0 Å². The number of hydrogen-bond acceptors (Lipinski definition) is 3. The predicted molar refractivity (Wildman–Crippen MR) is 74.2 cm³/mol. The Hall–Kier alpha value is -1.13. The van der Waals surface area contributed by atoms with E-state index in [0.29, 0.717) is 4.99 Å². The zero-order valence-corrected chi connectivity index (χ0v) is 10.5. The number of rotatable bonds is 3. The van der Waals surface area contributed by atoms with Crippen LogP contribution < -0.4 is 11.1 Å². The van der Waals surface area contributed by atoms with Gasteiger partial charge in [0.1, 0.15) is 4.99 Å². The zero-order valence-electron chi connectivity index (χ0n) is 9.73. The van der Waals surface area contributed by atoms with Crippen LogP contribution >= 0.6 is 12.2 Å². The minimum Gasteiger partial charge on any atom is -0.391 e. The van der Waals surface area contributed by atoms with Crippen LogP contribution in [0.1, 0.15) is 31.2 Å². The van der Waals surface area contributed by atoms with Crippen molar-refractivity contribution in [3.63, 3.8) is 0 Å². The second-order valence-corrected chi connectivity index (χ2v) is 4.95. The smallest absolute Gasteiger partial charge is 0.106 e. The first kappa shape index (κ1) is 12.3. The van der Waals surface area contributed by atoms with Gasteiger partial charge in [-0.3, -0.25) is 0 Å². The molecule has 3 nitrogen and oxygen atoms in total. The molecule has 1 aliphatic carbocycles. The number of anilines is 1. The number of benzene rings is 1. The van der Waals surface area contributed by atoms with Gasteiger partial charge >= 0.3 is 0 Å². The average Bonchev–Trinajstić information content (AvgIpc) is 2.32. The van der Waals surface area contributed by atoms with Gasteiger partial charge in [0.15, 0.2) is 0 Å². The molecule has 2 atom stereocenters. The summed E-state index contributed by atoms with van der Waals surface area (Å²) in [6.07, 6.45) is 3.85. The average molecular weight is 250 g/mol. The number of thiocarbonyl (C=S) groups is 1. The second kappa shape index (κ2) is 5.47. The Labute approximate surface area is 107 Å². The van der Waals surface area contributed by atoms with E-state index >= 15 is 0 Å². The van der Waals surface area contributed by atoms with Crippen LogP contribution in [0.3, 0.4) is 0 Å². The van der Waals surface area contributed by atoms with Crippen LogP contribution in [0.4, 0.5) is 5.69 Å². The molecule has 1 fully saturated rings. The van der Waals surface area contributed by atoms with Crippen molar-refractivity contribution in [1.29, 1.82) is 0 Å². The number of nitrogens with two attached hydrogens (primary N) is 1. The minimum atomic E-state index is -0.275. The van der Waals surface area contributed by atoms with Gasteiger partial charge < -0.3 is 16.2 Å². The molecule has 0 aliphatic heterocycles. The quantitative estimate of drug-likeness (QED) is 0.719. The summed E-state index contributed by atoms with van der Waals surface area (Å²) in [5, 5.41) is 13.3. The molecule has 0 radical (unpaired) electrons. The third-order valence-electron chi connectivity index (χ3n) is 3.26. The summed E-state index contributed by atoms with van der Waals surface area (Å²) in [6.45, 7) is 0. The number of para-hydroxylation sites is 1. The molecule has 1 aliphatic rings. The van der Waals surface area contributed by atoms with Crippen molar-refractivity contribution in [2.45, 2.75) is 37.8 Å². The molecule has 0 bridgehead atoms. The van der Waals surface area contributed by atoms with Gasteiger partial charge in [0.25, 0.3) is 0 Å². The van der Waals surface area contributed by atoms with Crippen molar-refractivity contribution >= 4 is 22.9 Å². The predicted octanol–water partition coefficient (Wildman–Crippen LogP) is 2.04. The van der Waals surface area contributed by atoms with E-state index in [1.807, 2.05) is 24.3 Å². The van der Waals surface area contributed by atoms with Crippen LogP contribution in [0.5, 0.6) is 0 Å². The normalized spacial score (nSPS) is 24.3. The van der Waals surface area contributed by atoms with Crippen molar-refractivity contribution in [3.05, 3.63) is 29.8 Å². The molecule has 4 heteroatoms. The lowest BCUT2D eigenvalue weighted by Crippen LogP contribution is -2.36. The number of hydrogen-bond donors (Lipinski definition) is 3. The van der Waals surface area contributed by atoms with E-state index in [0.717, 1.165) is 36.9 Å². The summed E-state index contributed by atoms with van der Waals surface area (Å²) in [5.74, 6) is 0. The maximum Gasteiger partial charge on any atom is 0.106 e. The fraction of sp³-hybridized carbons (Fsp3) is 0.462. The van der Waals surface area contributed by atoms with Gasteiger partial charge in [0.05, 0.1) is 12.1 Å². The van der Waals surface area contributed by atoms with Crippen molar-refractivity contribution < 1.29 is 5.11 Å². The topological polar surface area (TPSA) is 58.3 Å². The largest absolute Gasteiger partial charge is 0.391 e. The van der Waals surface area contributed by atoms with E-state index in [2.05, 4.69) is 5.32 Å². The van der Waals surface area contributed by atoms with E-state index in [1.165, 1.54) is 0 Å². The van der Waals surface area contributed by atoms with E-state index in [4.69, 9.17) is 18.0 Å². The lowest BCUT2D eigenvalue weighted by atomic mass is 9.92. The van der Waals surface area contributed by atoms with Gasteiger partial charge in [-0.15, -0.1) is 0 Å². The molecule has 0 saturated heterocycles. The first-order valence-corrected chi connectivity index (χ1v) is 6.43. The monoisotopic (exact) mass is 250 g/mol. The minimum absolute atomic E-state index is 0.110. The van der Waals surface area contributed by atoms with Crippen molar-refractivity contribution in [2.24, 2.45) is 5.73 Å². The molecule has 1 saturated carbocycles. The first-order valence-electron chi connectivity index (χ1n) is 6.02. The van der Waals surface area contributed by atoms with Gasteiger partial charge in [0, 0.05) is 11.3 Å². The SMILES string of the molecule is NC(=S)c1ccccc1NC1CCCCC1O. The molecule has 0 amide bonds. The van der Waals surface area contributed by atoms with Gasteiger partial charge in [-0.25, -0.2) is 0 Å². The highest BCUT2D eigenvalue weighted by molar-refractivity contribution is 7.80. The summed E-state index contributed by atoms with van der Waals surface area (Å²) in [6, 6.07) is 7.82. The van der Waals surface area contributed by atoms with Crippen LogP contribution in [0, 0.1) is 0 Å². The Morgan fingerprint density at radius 1 is 1.29 bits per heavy atom. The molecule has 0 spiro atoms. The lowest BCUT2D eigenvalue weighted by molar-refractivity contribution is 0.116. The molecule has 0 heterocycles. The number of aliphatic hydroxyl groups is 1. The molecule has 17 heavy (non-hydrogen) atoms. The van der Waals surface area contributed by atoms with Gasteiger partial charge in [0.2, 0.25) is 0 Å². The summed E-state index contributed by atoms with van der Waals surface area (Å²) in [5.41, 5.74) is 7.45. The highest BCUT2D eigenvalue weighted by Gasteiger charge is 2.23. The lowest BCUT2D eigenvalue weighted by Gasteiger charge is -2.29. The molecule has 4 N–H and O–H groups in total. The third-order valence-corrected chi connectivity index (χ3v) is 3.48. The molecular weight excluding hydrogens is 232 g/mol. The molecule has 92 valence electrons. The fourth-order valence-corrected chi connectivity index (χ4v) is 2.48. The van der Waals surface area contributed by atoms with Crippen LogP contribution in [-0.2, 0) is 0 Å². The number of nitrogens with one attached hydrogen (secondary N) is 1. The molecular formula is C13H18N2OS. The Morgan fingerprint density at radius 3 is 2.71 bits per heavy atom. The molecule has 2 unspecified atom stereocenters. The summed E-state index contributed by atoms with van der Waals surface area (Å²) >= 11 is 5.02. The summed E-state index contributed by atoms with van der Waals surface area (Å²) in [4.78, 5) is 0.387. The molecule has 1 aromatic carbocycles. The van der Waals surface area contributed by atoms with E-state index in [-0.39, 0.29) is 12.1 Å². The highest BCUT2D eigenvalue weighted by Crippen LogP contribution is 2.24. The van der Waals surface area contributed by atoms with Crippen LogP contribution in [-0.4, -0.2) is 22.2 Å². The highest BCUT2D eigenvalue weighted by atomic mass is 32.1. The van der Waals surface area contributed by atoms with Crippen LogP contribution in [0.15, 0.2) is 24.3 Å². The Kier molecular flexibility index (Phi) is 3.97. The second-order valence-electron chi connectivity index (χ2n) is 4.51. The fourth-order valence-electron chi connectivity index (χ4n) is 2.30. The van der Waals surface area contributed by atoms with Gasteiger partial charge in [-0.05, 0) is 25.0 Å². The van der Waals surface area contributed by atoms with Crippen molar-refractivity contribution in [2.75, 3.05) is 5.32 Å². The van der Waals surface area contributed by atoms with Gasteiger partial charge in [-0.2, -0.15) is 0 Å². The summed E-state index contributed by atoms with van der Waals surface area (Å²) < 4.78 is 0. The van der Waals surface area contributed by atoms with E-state index < -0.39 is 0 Å². The Morgan fingerprint density at radius 2 is 2.00 bits per heavy atom. The van der Waals surface area contributed by atoms with Crippen molar-refractivity contribution in [3.8, 4) is 0 Å². The molecule has 0 aromatic heterocycles.